The maximum Gasteiger partial charge on any atom is 0.338 e. The number of carbonyl (C=O) groups excluding carboxylic acids is 1. The number of hydrogen-bond acceptors (Lipinski definition) is 3. The van der Waals surface area contributed by atoms with Crippen LogP contribution in [0.1, 0.15) is 22.8 Å². The molecule has 0 N–H and O–H groups in total. The zero-order valence-corrected chi connectivity index (χ0v) is 11.7. The molecular formula is C10H10BrCl2NO2. The van der Waals surface area contributed by atoms with Gasteiger partial charge in [-0.25, -0.2) is 9.78 Å². The predicted molar refractivity (Wildman–Crippen MR) is 67.7 cm³/mol. The Balaban J connectivity index is 3.17. The molecule has 0 radical (unpaired) electrons. The van der Waals surface area contributed by atoms with Crippen molar-refractivity contribution in [3.05, 3.63) is 27.5 Å². The van der Waals surface area contributed by atoms with E-state index in [-0.39, 0.29) is 10.3 Å². The van der Waals surface area contributed by atoms with Crippen LogP contribution in [0.5, 0.6) is 0 Å². The lowest BCUT2D eigenvalue weighted by Gasteiger charge is -2.09. The molecule has 6 heteroatoms. The molecule has 1 rings (SSSR count). The highest BCUT2D eigenvalue weighted by Gasteiger charge is 2.17. The van der Waals surface area contributed by atoms with Crippen LogP contribution in [0.4, 0.5) is 0 Å². The number of pyridine rings is 1. The molecule has 0 bridgehead atoms. The molecule has 0 aliphatic rings. The molecule has 88 valence electrons. The molecule has 0 fully saturated rings. The Kier molecular flexibility index (Phi) is 5.52. The highest BCUT2D eigenvalue weighted by molar-refractivity contribution is 9.09. The molecule has 0 atom stereocenters. The van der Waals surface area contributed by atoms with E-state index in [4.69, 9.17) is 27.9 Å². The van der Waals surface area contributed by atoms with Crippen LogP contribution >= 0.6 is 39.1 Å². The van der Waals surface area contributed by atoms with Gasteiger partial charge in [-0.2, -0.15) is 0 Å². The monoisotopic (exact) mass is 325 g/mol. The third kappa shape index (κ3) is 3.34. The highest BCUT2D eigenvalue weighted by atomic mass is 79.9. The highest BCUT2D eigenvalue weighted by Crippen LogP contribution is 2.23. The van der Waals surface area contributed by atoms with Crippen molar-refractivity contribution in [1.29, 1.82) is 0 Å². The van der Waals surface area contributed by atoms with Gasteiger partial charge in [0, 0.05) is 10.9 Å². The Labute approximate surface area is 112 Å². The summed E-state index contributed by atoms with van der Waals surface area (Å²) >= 11 is 15.0. The first-order valence-corrected chi connectivity index (χ1v) is 6.55. The summed E-state index contributed by atoms with van der Waals surface area (Å²) in [6, 6.07) is 1.48. The van der Waals surface area contributed by atoms with Crippen molar-refractivity contribution in [2.75, 3.05) is 11.9 Å². The van der Waals surface area contributed by atoms with E-state index in [9.17, 15) is 4.79 Å². The fourth-order valence-corrected chi connectivity index (χ4v) is 2.15. The lowest BCUT2D eigenvalue weighted by molar-refractivity contribution is 0.0525. The molecule has 0 aliphatic carbocycles. The second kappa shape index (κ2) is 6.42. The van der Waals surface area contributed by atoms with Gasteiger partial charge in [-0.1, -0.05) is 39.1 Å². The number of nitrogens with zero attached hydrogens (tertiary/aromatic N) is 1. The Morgan fingerprint density at radius 2 is 2.25 bits per heavy atom. The van der Waals surface area contributed by atoms with Crippen LogP contribution in [-0.2, 0) is 11.2 Å². The Bertz CT molecular complexity index is 399. The van der Waals surface area contributed by atoms with Gasteiger partial charge in [0.15, 0.2) is 0 Å². The van der Waals surface area contributed by atoms with Crippen molar-refractivity contribution in [2.24, 2.45) is 0 Å². The summed E-state index contributed by atoms with van der Waals surface area (Å²) < 4.78 is 4.93. The zero-order valence-electron chi connectivity index (χ0n) is 8.60. The number of esters is 1. The van der Waals surface area contributed by atoms with Crippen molar-refractivity contribution < 1.29 is 9.53 Å². The zero-order chi connectivity index (χ0) is 12.1. The lowest BCUT2D eigenvalue weighted by Crippen LogP contribution is -2.10. The van der Waals surface area contributed by atoms with Crippen LogP contribution in [0, 0.1) is 0 Å². The van der Waals surface area contributed by atoms with Gasteiger partial charge in [0.2, 0.25) is 0 Å². The Hall–Kier alpha value is -0.320. The second-order valence-electron chi connectivity index (χ2n) is 2.92. The quantitative estimate of drug-likeness (QED) is 0.483. The summed E-state index contributed by atoms with van der Waals surface area (Å²) in [4.78, 5) is 15.6. The van der Waals surface area contributed by atoms with Crippen LogP contribution in [0.15, 0.2) is 6.07 Å². The summed E-state index contributed by atoms with van der Waals surface area (Å²) in [5, 5.41) is 1.11. The van der Waals surface area contributed by atoms with Gasteiger partial charge in [0.1, 0.15) is 10.3 Å². The summed E-state index contributed by atoms with van der Waals surface area (Å²) in [7, 11) is 0. The van der Waals surface area contributed by atoms with Crippen molar-refractivity contribution in [2.45, 2.75) is 13.3 Å². The van der Waals surface area contributed by atoms with E-state index in [0.717, 1.165) is 0 Å². The molecular weight excluding hydrogens is 317 g/mol. The molecule has 1 aromatic heterocycles. The molecule has 3 nitrogen and oxygen atoms in total. The largest absolute Gasteiger partial charge is 0.462 e. The molecule has 0 aromatic carbocycles. The van der Waals surface area contributed by atoms with E-state index in [0.29, 0.717) is 29.5 Å². The minimum atomic E-state index is -0.426. The van der Waals surface area contributed by atoms with Crippen molar-refractivity contribution >= 4 is 45.1 Å². The molecule has 0 aliphatic heterocycles. The van der Waals surface area contributed by atoms with E-state index in [1.54, 1.807) is 6.92 Å². The minimum Gasteiger partial charge on any atom is -0.462 e. The summed E-state index contributed by atoms with van der Waals surface area (Å²) in [6.45, 7) is 2.05. The SMILES string of the molecule is CCOC(=O)c1cc(Cl)nc(Cl)c1CCBr. The van der Waals surface area contributed by atoms with Gasteiger partial charge in [0.05, 0.1) is 12.2 Å². The number of rotatable bonds is 4. The van der Waals surface area contributed by atoms with Crippen molar-refractivity contribution in [3.63, 3.8) is 0 Å². The average Bonchev–Trinajstić information content (AvgIpc) is 2.22. The molecule has 0 spiro atoms. The molecule has 1 heterocycles. The van der Waals surface area contributed by atoms with E-state index >= 15 is 0 Å². The van der Waals surface area contributed by atoms with Gasteiger partial charge < -0.3 is 4.74 Å². The fraction of sp³-hybridized carbons (Fsp3) is 0.400. The number of alkyl halides is 1. The maximum atomic E-state index is 11.7. The fourth-order valence-electron chi connectivity index (χ4n) is 1.23. The van der Waals surface area contributed by atoms with E-state index in [1.807, 2.05) is 0 Å². The van der Waals surface area contributed by atoms with Crippen molar-refractivity contribution in [1.82, 2.24) is 4.98 Å². The van der Waals surface area contributed by atoms with Crippen molar-refractivity contribution in [3.8, 4) is 0 Å². The van der Waals surface area contributed by atoms with Crippen LogP contribution in [0.25, 0.3) is 0 Å². The van der Waals surface area contributed by atoms with Crippen LogP contribution in [0.3, 0.4) is 0 Å². The molecule has 0 unspecified atom stereocenters. The average molecular weight is 327 g/mol. The summed E-state index contributed by atoms with van der Waals surface area (Å²) in [5.41, 5.74) is 1.03. The third-order valence-electron chi connectivity index (χ3n) is 1.88. The summed E-state index contributed by atoms with van der Waals surface area (Å²) in [5.74, 6) is -0.426. The second-order valence-corrected chi connectivity index (χ2v) is 4.46. The number of halogens is 3. The normalized spacial score (nSPS) is 10.2. The summed E-state index contributed by atoms with van der Waals surface area (Å²) in [6.07, 6.45) is 0.594. The van der Waals surface area contributed by atoms with Crippen LogP contribution in [-0.4, -0.2) is 22.9 Å². The number of aromatic nitrogens is 1. The first-order valence-electron chi connectivity index (χ1n) is 4.68. The first-order chi connectivity index (χ1) is 7.60. The van der Waals surface area contributed by atoms with Gasteiger partial charge in [-0.3, -0.25) is 0 Å². The van der Waals surface area contributed by atoms with Crippen LogP contribution in [0.2, 0.25) is 10.3 Å². The van der Waals surface area contributed by atoms with E-state index in [1.165, 1.54) is 6.07 Å². The number of hydrogen-bond donors (Lipinski definition) is 0. The molecule has 1 aromatic rings. The van der Waals surface area contributed by atoms with Gasteiger partial charge in [-0.05, 0) is 19.4 Å². The topological polar surface area (TPSA) is 39.2 Å². The number of ether oxygens (including phenoxy) is 1. The smallest absolute Gasteiger partial charge is 0.338 e. The maximum absolute atomic E-state index is 11.7. The third-order valence-corrected chi connectivity index (χ3v) is 2.79. The van der Waals surface area contributed by atoms with E-state index in [2.05, 4.69) is 20.9 Å². The van der Waals surface area contributed by atoms with Gasteiger partial charge >= 0.3 is 5.97 Å². The van der Waals surface area contributed by atoms with Crippen LogP contribution < -0.4 is 0 Å². The molecule has 0 saturated heterocycles. The lowest BCUT2D eigenvalue weighted by atomic mass is 10.1. The molecule has 0 saturated carbocycles. The van der Waals surface area contributed by atoms with Gasteiger partial charge in [-0.15, -0.1) is 0 Å². The van der Waals surface area contributed by atoms with Gasteiger partial charge in [0.25, 0.3) is 0 Å². The molecule has 16 heavy (non-hydrogen) atoms. The first kappa shape index (κ1) is 13.7. The standard InChI is InChI=1S/C10H10BrCl2NO2/c1-2-16-10(15)7-5-8(12)14-9(13)6(7)3-4-11/h5H,2-4H2,1H3. The predicted octanol–water partition coefficient (Wildman–Crippen LogP) is 3.50. The van der Waals surface area contributed by atoms with E-state index < -0.39 is 5.97 Å². The molecule has 0 amide bonds. The minimum absolute atomic E-state index is 0.186. The Morgan fingerprint density at radius 1 is 1.56 bits per heavy atom. The number of carbonyl (C=O) groups is 1. The Morgan fingerprint density at radius 3 is 2.81 bits per heavy atom.